The third-order valence-corrected chi connectivity index (χ3v) is 6.70. The minimum Gasteiger partial charge on any atom is -0.452 e. The van der Waals surface area contributed by atoms with Crippen LogP contribution in [0.25, 0.3) is 0 Å². The van der Waals surface area contributed by atoms with Crippen LogP contribution in [0.1, 0.15) is 12.5 Å². The summed E-state index contributed by atoms with van der Waals surface area (Å²) in [7, 11) is -3.71. The molecule has 0 bridgehead atoms. The monoisotopic (exact) mass is 418 g/mol. The average molecular weight is 418 g/mol. The van der Waals surface area contributed by atoms with Gasteiger partial charge in [-0.1, -0.05) is 12.1 Å². The first kappa shape index (κ1) is 20.7. The van der Waals surface area contributed by atoms with E-state index in [0.29, 0.717) is 12.2 Å². The molecule has 154 valence electrons. The predicted octanol–water partition coefficient (Wildman–Crippen LogP) is 2.60. The summed E-state index contributed by atoms with van der Waals surface area (Å²) in [6, 6.07) is 8.27. The summed E-state index contributed by atoms with van der Waals surface area (Å²) in [5, 5.41) is 9.70. The first-order valence-electron chi connectivity index (χ1n) is 8.67. The Kier molecular flexibility index (Phi) is 5.74. The lowest BCUT2D eigenvalue weighted by Gasteiger charge is -2.40. The van der Waals surface area contributed by atoms with Crippen LogP contribution in [-0.2, 0) is 15.6 Å². The minimum absolute atomic E-state index is 0.116. The fourth-order valence-electron chi connectivity index (χ4n) is 3.27. The van der Waals surface area contributed by atoms with Gasteiger partial charge in [-0.25, -0.2) is 21.6 Å². The SMILES string of the molecule is C[C@H]1CN(S(=O)(=O)c2ccco2)CCN1c1ccc(C(O)(CF)C(F)F)cc1. The van der Waals surface area contributed by atoms with E-state index in [0.717, 1.165) is 0 Å². The molecular formula is C18H21F3N2O4S. The standard InChI is InChI=1S/C18H21F3N2O4S/c1-13-11-22(28(25,26)16-3-2-10-27-16)8-9-23(13)15-6-4-14(5-7-15)18(24,12-19)17(20)21/h2-7,10,13,17,24H,8-9,11-12H2,1H3/t13-,18?/m0/s1. The normalized spacial score (nSPS) is 21.1. The molecule has 0 amide bonds. The molecular weight excluding hydrogens is 397 g/mol. The van der Waals surface area contributed by atoms with E-state index in [4.69, 9.17) is 4.42 Å². The number of piperazine rings is 1. The van der Waals surface area contributed by atoms with Gasteiger partial charge in [0, 0.05) is 31.4 Å². The Balaban J connectivity index is 1.75. The lowest BCUT2D eigenvalue weighted by atomic mass is 9.95. The van der Waals surface area contributed by atoms with Gasteiger partial charge < -0.3 is 14.4 Å². The van der Waals surface area contributed by atoms with E-state index in [1.807, 2.05) is 11.8 Å². The number of alkyl halides is 3. The zero-order valence-corrected chi connectivity index (χ0v) is 15.9. The molecule has 2 atom stereocenters. The quantitative estimate of drug-likeness (QED) is 0.781. The van der Waals surface area contributed by atoms with Crippen molar-refractivity contribution in [3.8, 4) is 0 Å². The van der Waals surface area contributed by atoms with E-state index in [1.54, 1.807) is 0 Å². The van der Waals surface area contributed by atoms with Gasteiger partial charge in [0.15, 0.2) is 5.60 Å². The van der Waals surface area contributed by atoms with Crippen molar-refractivity contribution in [1.29, 1.82) is 0 Å². The Morgan fingerprint density at radius 3 is 2.43 bits per heavy atom. The van der Waals surface area contributed by atoms with Gasteiger partial charge >= 0.3 is 0 Å². The summed E-state index contributed by atoms with van der Waals surface area (Å²) in [5.74, 6) is 0. The summed E-state index contributed by atoms with van der Waals surface area (Å²) in [6.45, 7) is 1.07. The van der Waals surface area contributed by atoms with E-state index in [-0.39, 0.29) is 29.8 Å². The van der Waals surface area contributed by atoms with Crippen molar-refractivity contribution in [2.24, 2.45) is 0 Å². The summed E-state index contributed by atoms with van der Waals surface area (Å²) >= 11 is 0. The highest BCUT2D eigenvalue weighted by atomic mass is 32.2. The van der Waals surface area contributed by atoms with Crippen LogP contribution in [0.15, 0.2) is 52.2 Å². The van der Waals surface area contributed by atoms with Crippen LogP contribution in [-0.4, -0.2) is 56.6 Å². The van der Waals surface area contributed by atoms with Gasteiger partial charge in [0.2, 0.25) is 5.09 Å². The Bertz CT molecular complexity index is 890. The van der Waals surface area contributed by atoms with Gasteiger partial charge in [-0.15, -0.1) is 0 Å². The number of furan rings is 1. The van der Waals surface area contributed by atoms with Gasteiger partial charge in [-0.3, -0.25) is 0 Å². The molecule has 1 unspecified atom stereocenters. The molecule has 0 aliphatic carbocycles. The number of hydrogen-bond donors (Lipinski definition) is 1. The Morgan fingerprint density at radius 1 is 1.25 bits per heavy atom. The van der Waals surface area contributed by atoms with E-state index in [2.05, 4.69) is 0 Å². The topological polar surface area (TPSA) is 74.0 Å². The largest absolute Gasteiger partial charge is 0.452 e. The average Bonchev–Trinajstić information content (AvgIpc) is 3.23. The minimum atomic E-state index is -3.71. The van der Waals surface area contributed by atoms with Crippen molar-refractivity contribution in [2.45, 2.75) is 30.1 Å². The van der Waals surface area contributed by atoms with Crippen LogP contribution in [0, 0.1) is 0 Å². The third-order valence-electron chi connectivity index (χ3n) is 4.94. The van der Waals surface area contributed by atoms with Crippen LogP contribution >= 0.6 is 0 Å². The van der Waals surface area contributed by atoms with E-state index >= 15 is 0 Å². The van der Waals surface area contributed by atoms with Crippen LogP contribution in [0.4, 0.5) is 18.9 Å². The Hall–Kier alpha value is -2.04. The fourth-order valence-corrected chi connectivity index (χ4v) is 4.68. The highest BCUT2D eigenvalue weighted by Gasteiger charge is 2.40. The van der Waals surface area contributed by atoms with Gasteiger partial charge in [0.1, 0.15) is 6.67 Å². The van der Waals surface area contributed by atoms with Crippen molar-refractivity contribution in [1.82, 2.24) is 4.31 Å². The summed E-state index contributed by atoms with van der Waals surface area (Å²) in [6.07, 6.45) is -1.95. The van der Waals surface area contributed by atoms with Crippen molar-refractivity contribution in [3.05, 3.63) is 48.2 Å². The number of sulfonamides is 1. The summed E-state index contributed by atoms with van der Waals surface area (Å²) in [5.41, 5.74) is -2.37. The number of nitrogens with zero attached hydrogens (tertiary/aromatic N) is 2. The maximum atomic E-state index is 13.0. The number of benzene rings is 1. The molecule has 2 heterocycles. The van der Waals surface area contributed by atoms with E-state index in [1.165, 1.54) is 47.0 Å². The van der Waals surface area contributed by atoms with E-state index < -0.39 is 28.7 Å². The Morgan fingerprint density at radius 2 is 1.93 bits per heavy atom. The third kappa shape index (κ3) is 3.63. The Labute approximate surface area is 161 Å². The van der Waals surface area contributed by atoms with Crippen molar-refractivity contribution >= 4 is 15.7 Å². The molecule has 3 rings (SSSR count). The highest BCUT2D eigenvalue weighted by molar-refractivity contribution is 7.89. The van der Waals surface area contributed by atoms with Gasteiger partial charge in [-0.05, 0) is 36.8 Å². The number of aliphatic hydroxyl groups is 1. The predicted molar refractivity (Wildman–Crippen MR) is 96.6 cm³/mol. The second-order valence-electron chi connectivity index (χ2n) is 6.74. The van der Waals surface area contributed by atoms with Gasteiger partial charge in [0.05, 0.1) is 6.26 Å². The zero-order chi connectivity index (χ0) is 20.5. The number of rotatable bonds is 6. The molecule has 1 aromatic carbocycles. The smallest absolute Gasteiger partial charge is 0.276 e. The summed E-state index contributed by atoms with van der Waals surface area (Å²) in [4.78, 5) is 1.93. The van der Waals surface area contributed by atoms with Crippen LogP contribution < -0.4 is 4.90 Å². The maximum absolute atomic E-state index is 13.0. The maximum Gasteiger partial charge on any atom is 0.276 e. The van der Waals surface area contributed by atoms with Crippen molar-refractivity contribution in [2.75, 3.05) is 31.2 Å². The van der Waals surface area contributed by atoms with E-state index in [9.17, 15) is 26.7 Å². The lowest BCUT2D eigenvalue weighted by molar-refractivity contribution is -0.114. The number of anilines is 1. The number of hydrogen-bond acceptors (Lipinski definition) is 5. The lowest BCUT2D eigenvalue weighted by Crippen LogP contribution is -2.53. The first-order valence-corrected chi connectivity index (χ1v) is 10.1. The number of halogens is 3. The van der Waals surface area contributed by atoms with Crippen LogP contribution in [0.5, 0.6) is 0 Å². The molecule has 0 radical (unpaired) electrons. The molecule has 1 saturated heterocycles. The first-order chi connectivity index (χ1) is 13.2. The molecule has 1 fully saturated rings. The van der Waals surface area contributed by atoms with Crippen molar-refractivity contribution < 1.29 is 31.1 Å². The molecule has 1 aliphatic rings. The van der Waals surface area contributed by atoms with Crippen molar-refractivity contribution in [3.63, 3.8) is 0 Å². The summed E-state index contributed by atoms with van der Waals surface area (Å²) < 4.78 is 70.4. The van der Waals surface area contributed by atoms with Crippen LogP contribution in [0.3, 0.4) is 0 Å². The van der Waals surface area contributed by atoms with Crippen LogP contribution in [0.2, 0.25) is 0 Å². The molecule has 10 heteroatoms. The second kappa shape index (κ2) is 7.76. The zero-order valence-electron chi connectivity index (χ0n) is 15.1. The van der Waals surface area contributed by atoms with Gasteiger partial charge in [-0.2, -0.15) is 4.31 Å². The molecule has 1 aromatic heterocycles. The molecule has 1 aliphatic heterocycles. The fraction of sp³-hybridized carbons (Fsp3) is 0.444. The molecule has 1 N–H and O–H groups in total. The second-order valence-corrected chi connectivity index (χ2v) is 8.61. The molecule has 2 aromatic rings. The molecule has 28 heavy (non-hydrogen) atoms. The molecule has 0 saturated carbocycles. The highest BCUT2D eigenvalue weighted by Crippen LogP contribution is 2.31. The molecule has 0 spiro atoms. The molecule has 6 nitrogen and oxygen atoms in total. The van der Waals surface area contributed by atoms with Gasteiger partial charge in [0.25, 0.3) is 16.4 Å².